The van der Waals surface area contributed by atoms with Gasteiger partial charge in [0, 0.05) is 19.3 Å². The Hall–Kier alpha value is -2.11. The normalized spacial score (nSPS) is 14.6. The first-order chi connectivity index (χ1) is 8.68. The Morgan fingerprint density at radius 2 is 2.11 bits per heavy atom. The van der Waals surface area contributed by atoms with Crippen LogP contribution >= 0.6 is 0 Å². The predicted octanol–water partition coefficient (Wildman–Crippen LogP) is 0.215. The molecular formula is C12H16N4O2. The van der Waals surface area contributed by atoms with Crippen LogP contribution in [0.25, 0.3) is 0 Å². The molecule has 2 heterocycles. The molecule has 1 aliphatic rings. The number of likely N-dealkylation sites (tertiary alicyclic amines) is 1. The van der Waals surface area contributed by atoms with Crippen LogP contribution < -0.4 is 11.1 Å². The van der Waals surface area contributed by atoms with Gasteiger partial charge >= 0.3 is 0 Å². The fourth-order valence-electron chi connectivity index (χ4n) is 1.98. The molecule has 0 aromatic carbocycles. The van der Waals surface area contributed by atoms with Gasteiger partial charge in [-0.15, -0.1) is 0 Å². The minimum atomic E-state index is -0.556. The smallest absolute Gasteiger partial charge is 0.252 e. The van der Waals surface area contributed by atoms with E-state index in [4.69, 9.17) is 5.73 Å². The van der Waals surface area contributed by atoms with Crippen LogP contribution in [0.5, 0.6) is 0 Å². The first-order valence-electron chi connectivity index (χ1n) is 5.95. The van der Waals surface area contributed by atoms with Gasteiger partial charge in [0.25, 0.3) is 5.91 Å². The highest BCUT2D eigenvalue weighted by Crippen LogP contribution is 2.11. The summed E-state index contributed by atoms with van der Waals surface area (Å²) in [5.41, 5.74) is 5.53. The van der Waals surface area contributed by atoms with Crippen LogP contribution in [-0.4, -0.2) is 41.3 Å². The maximum absolute atomic E-state index is 11.8. The van der Waals surface area contributed by atoms with Crippen LogP contribution in [0.4, 0.5) is 5.82 Å². The summed E-state index contributed by atoms with van der Waals surface area (Å²) in [6, 6.07) is 3.21. The monoisotopic (exact) mass is 248 g/mol. The molecule has 0 atom stereocenters. The number of hydrogen-bond donors (Lipinski definition) is 2. The SMILES string of the molecule is NC(=O)c1cccnc1NCC(=O)N1CCCC1. The molecule has 96 valence electrons. The summed E-state index contributed by atoms with van der Waals surface area (Å²) in [6.45, 7) is 1.76. The van der Waals surface area contributed by atoms with Crippen molar-refractivity contribution in [3.8, 4) is 0 Å². The van der Waals surface area contributed by atoms with E-state index in [1.807, 2.05) is 0 Å². The highest BCUT2D eigenvalue weighted by atomic mass is 16.2. The van der Waals surface area contributed by atoms with Gasteiger partial charge in [0.2, 0.25) is 5.91 Å². The van der Waals surface area contributed by atoms with E-state index in [2.05, 4.69) is 10.3 Å². The lowest BCUT2D eigenvalue weighted by Gasteiger charge is -2.16. The first kappa shape index (κ1) is 12.3. The number of nitrogens with one attached hydrogen (secondary N) is 1. The number of carbonyl (C=O) groups excluding carboxylic acids is 2. The minimum absolute atomic E-state index is 0.0218. The quantitative estimate of drug-likeness (QED) is 0.797. The second-order valence-electron chi connectivity index (χ2n) is 4.21. The van der Waals surface area contributed by atoms with Crippen molar-refractivity contribution in [1.82, 2.24) is 9.88 Å². The number of carbonyl (C=O) groups is 2. The molecule has 6 heteroatoms. The van der Waals surface area contributed by atoms with Crippen molar-refractivity contribution in [2.45, 2.75) is 12.8 Å². The topological polar surface area (TPSA) is 88.3 Å². The molecule has 1 aliphatic heterocycles. The number of hydrogen-bond acceptors (Lipinski definition) is 4. The zero-order chi connectivity index (χ0) is 13.0. The molecule has 2 rings (SSSR count). The Kier molecular flexibility index (Phi) is 3.76. The second kappa shape index (κ2) is 5.48. The number of aromatic nitrogens is 1. The second-order valence-corrected chi connectivity index (χ2v) is 4.21. The molecule has 0 radical (unpaired) electrons. The summed E-state index contributed by atoms with van der Waals surface area (Å²) in [7, 11) is 0. The summed E-state index contributed by atoms with van der Waals surface area (Å²) in [5.74, 6) is -0.176. The van der Waals surface area contributed by atoms with Crippen LogP contribution in [0.2, 0.25) is 0 Å². The van der Waals surface area contributed by atoms with E-state index in [1.165, 1.54) is 0 Å². The van der Waals surface area contributed by atoms with Gasteiger partial charge in [-0.1, -0.05) is 0 Å². The van der Waals surface area contributed by atoms with Gasteiger partial charge in [-0.2, -0.15) is 0 Å². The lowest BCUT2D eigenvalue weighted by Crippen LogP contribution is -2.33. The maximum atomic E-state index is 11.8. The van der Waals surface area contributed by atoms with Crippen molar-refractivity contribution < 1.29 is 9.59 Å². The summed E-state index contributed by atoms with van der Waals surface area (Å²) in [6.07, 6.45) is 3.67. The van der Waals surface area contributed by atoms with Gasteiger partial charge in [-0.3, -0.25) is 9.59 Å². The van der Waals surface area contributed by atoms with E-state index < -0.39 is 5.91 Å². The molecule has 6 nitrogen and oxygen atoms in total. The van der Waals surface area contributed by atoms with Crippen molar-refractivity contribution in [2.24, 2.45) is 5.73 Å². The number of primary amides is 1. The molecule has 1 aromatic heterocycles. The van der Waals surface area contributed by atoms with Crippen LogP contribution in [0.15, 0.2) is 18.3 Å². The van der Waals surface area contributed by atoms with E-state index in [-0.39, 0.29) is 12.5 Å². The average Bonchev–Trinajstić information content (AvgIpc) is 2.90. The van der Waals surface area contributed by atoms with Crippen LogP contribution in [0.1, 0.15) is 23.2 Å². The maximum Gasteiger partial charge on any atom is 0.252 e. The molecule has 0 aliphatic carbocycles. The molecule has 0 bridgehead atoms. The van der Waals surface area contributed by atoms with Gasteiger partial charge in [-0.25, -0.2) is 4.98 Å². The van der Waals surface area contributed by atoms with E-state index in [0.717, 1.165) is 25.9 Å². The Morgan fingerprint density at radius 1 is 1.39 bits per heavy atom. The van der Waals surface area contributed by atoms with Crippen LogP contribution in [0, 0.1) is 0 Å². The Balaban J connectivity index is 1.97. The van der Waals surface area contributed by atoms with Crippen LogP contribution in [-0.2, 0) is 4.79 Å². The largest absolute Gasteiger partial charge is 0.365 e. The highest BCUT2D eigenvalue weighted by Gasteiger charge is 2.18. The fraction of sp³-hybridized carbons (Fsp3) is 0.417. The molecule has 3 N–H and O–H groups in total. The third kappa shape index (κ3) is 2.77. The third-order valence-corrected chi connectivity index (χ3v) is 2.94. The molecule has 1 aromatic rings. The number of rotatable bonds is 4. The lowest BCUT2D eigenvalue weighted by molar-refractivity contribution is -0.128. The zero-order valence-corrected chi connectivity index (χ0v) is 10.1. The zero-order valence-electron chi connectivity index (χ0n) is 10.1. The Bertz CT molecular complexity index is 455. The number of pyridine rings is 1. The highest BCUT2D eigenvalue weighted by molar-refractivity contribution is 5.98. The van der Waals surface area contributed by atoms with Crippen molar-refractivity contribution in [2.75, 3.05) is 25.0 Å². The number of amides is 2. The van der Waals surface area contributed by atoms with E-state index in [0.29, 0.717) is 11.4 Å². The van der Waals surface area contributed by atoms with E-state index in [1.54, 1.807) is 23.2 Å². The van der Waals surface area contributed by atoms with Crippen molar-refractivity contribution >= 4 is 17.6 Å². The summed E-state index contributed by atoms with van der Waals surface area (Å²) in [4.78, 5) is 28.8. The molecule has 18 heavy (non-hydrogen) atoms. The first-order valence-corrected chi connectivity index (χ1v) is 5.95. The Morgan fingerprint density at radius 3 is 2.78 bits per heavy atom. The van der Waals surface area contributed by atoms with Crippen LogP contribution in [0.3, 0.4) is 0 Å². The molecule has 1 fully saturated rings. The molecule has 2 amide bonds. The van der Waals surface area contributed by atoms with Gasteiger partial charge in [-0.05, 0) is 25.0 Å². The van der Waals surface area contributed by atoms with E-state index in [9.17, 15) is 9.59 Å². The van der Waals surface area contributed by atoms with Crippen molar-refractivity contribution in [3.63, 3.8) is 0 Å². The lowest BCUT2D eigenvalue weighted by atomic mass is 10.2. The summed E-state index contributed by atoms with van der Waals surface area (Å²) < 4.78 is 0. The van der Waals surface area contributed by atoms with Crippen molar-refractivity contribution in [3.05, 3.63) is 23.9 Å². The minimum Gasteiger partial charge on any atom is -0.365 e. The standard InChI is InChI=1S/C12H16N4O2/c13-11(18)9-4-3-5-14-12(9)15-8-10(17)16-6-1-2-7-16/h3-5H,1-2,6-8H2,(H2,13,18)(H,14,15). The summed E-state index contributed by atoms with van der Waals surface area (Å²) in [5, 5.41) is 2.87. The molecular weight excluding hydrogens is 232 g/mol. The molecule has 0 saturated carbocycles. The van der Waals surface area contributed by atoms with E-state index >= 15 is 0 Å². The predicted molar refractivity (Wildman–Crippen MR) is 67.1 cm³/mol. The van der Waals surface area contributed by atoms with Gasteiger partial charge in [0.1, 0.15) is 5.82 Å². The van der Waals surface area contributed by atoms with Gasteiger partial charge < -0.3 is 16.0 Å². The molecule has 0 unspecified atom stereocenters. The number of anilines is 1. The third-order valence-electron chi connectivity index (χ3n) is 2.94. The Labute approximate surface area is 105 Å². The van der Waals surface area contributed by atoms with Crippen molar-refractivity contribution in [1.29, 1.82) is 0 Å². The number of nitrogens with two attached hydrogens (primary N) is 1. The molecule has 1 saturated heterocycles. The summed E-state index contributed by atoms with van der Waals surface area (Å²) >= 11 is 0. The van der Waals surface area contributed by atoms with Gasteiger partial charge in [0.05, 0.1) is 12.1 Å². The average molecular weight is 248 g/mol. The fourth-order valence-corrected chi connectivity index (χ4v) is 1.98. The van der Waals surface area contributed by atoms with Gasteiger partial charge in [0.15, 0.2) is 0 Å². The molecule has 0 spiro atoms. The number of nitrogens with zero attached hydrogens (tertiary/aromatic N) is 2.